The third-order valence-electron chi connectivity index (χ3n) is 7.57. The first kappa shape index (κ1) is 29.8. The number of hydrogen-bond donors (Lipinski definition) is 2. The minimum Gasteiger partial charge on any atom is -0.457 e. The van der Waals surface area contributed by atoms with E-state index in [2.05, 4.69) is 21.8 Å². The maximum Gasteiger partial charge on any atom is 0.246 e. The lowest BCUT2D eigenvalue weighted by Gasteiger charge is -2.29. The summed E-state index contributed by atoms with van der Waals surface area (Å²) in [6.45, 7) is 3.89. The fourth-order valence-electron chi connectivity index (χ4n) is 5.27. The molecule has 1 saturated heterocycles. The van der Waals surface area contributed by atoms with Gasteiger partial charge in [-0.3, -0.25) is 4.79 Å². The molecule has 0 aliphatic carbocycles. The highest BCUT2D eigenvalue weighted by Gasteiger charge is 2.25. The Hall–Kier alpha value is -4.65. The number of carbonyl (C=O) groups excluding carboxylic acids is 1. The molecule has 0 spiro atoms. The van der Waals surface area contributed by atoms with Crippen molar-refractivity contribution in [1.82, 2.24) is 24.3 Å². The molecule has 0 bridgehead atoms. The van der Waals surface area contributed by atoms with E-state index in [0.717, 1.165) is 42.0 Å². The Balaban J connectivity index is 1.47. The third kappa shape index (κ3) is 6.88. The third-order valence-corrected chi connectivity index (χ3v) is 7.57. The number of aliphatic hydroxyl groups excluding tert-OH is 1. The van der Waals surface area contributed by atoms with Crippen molar-refractivity contribution < 1.29 is 14.6 Å². The van der Waals surface area contributed by atoms with E-state index in [9.17, 15) is 9.90 Å². The minimum atomic E-state index is -0.288. The number of benzene rings is 2. The van der Waals surface area contributed by atoms with E-state index < -0.39 is 0 Å². The number of hydrogen-bond acceptors (Lipinski definition) is 7. The molecular weight excluding hydrogens is 540 g/mol. The topological polar surface area (TPSA) is 110 Å². The van der Waals surface area contributed by atoms with Crippen molar-refractivity contribution >= 4 is 22.8 Å². The molecule has 5 rings (SSSR count). The Morgan fingerprint density at radius 3 is 2.49 bits per heavy atom. The highest BCUT2D eigenvalue weighted by Crippen LogP contribution is 2.39. The van der Waals surface area contributed by atoms with Crippen LogP contribution in [-0.4, -0.2) is 75.7 Å². The summed E-state index contributed by atoms with van der Waals surface area (Å²) in [5.74, 6) is 8.92. The molecule has 1 amide bonds. The lowest BCUT2D eigenvalue weighted by atomic mass is 9.96. The summed E-state index contributed by atoms with van der Waals surface area (Å²) in [5, 5.41) is 10.9. The lowest BCUT2D eigenvalue weighted by molar-refractivity contribution is -0.127. The van der Waals surface area contributed by atoms with Gasteiger partial charge in [-0.15, -0.1) is 0 Å². The van der Waals surface area contributed by atoms with E-state index in [1.165, 1.54) is 6.33 Å². The standard InChI is InChI=1S/C34H38N6O3/c1-24(22-41)40-29(16-11-25-17-20-39(21-18-25)30(42)10-7-19-38(2)3)31(32-33(35)36-23-37-34(32)40)26-12-14-28(15-13-26)43-27-8-5-4-6-9-27/h4-10,12-15,23-25,41H,17-22H2,1-3H3,(H2,35,36,37)/b10-7+. The van der Waals surface area contributed by atoms with Crippen LogP contribution in [0.4, 0.5) is 5.82 Å². The van der Waals surface area contributed by atoms with Crippen LogP contribution in [0.1, 0.15) is 31.5 Å². The predicted octanol–water partition coefficient (Wildman–Crippen LogP) is 4.73. The molecule has 1 fully saturated rings. The van der Waals surface area contributed by atoms with Crippen LogP contribution in [0.2, 0.25) is 0 Å². The summed E-state index contributed by atoms with van der Waals surface area (Å²) in [4.78, 5) is 25.4. The second-order valence-electron chi connectivity index (χ2n) is 11.1. The quantitative estimate of drug-likeness (QED) is 0.230. The maximum atomic E-state index is 12.6. The molecule has 9 nitrogen and oxygen atoms in total. The molecule has 222 valence electrons. The Bertz CT molecular complexity index is 1640. The zero-order valence-corrected chi connectivity index (χ0v) is 24.9. The minimum absolute atomic E-state index is 0.0428. The van der Waals surface area contributed by atoms with Gasteiger partial charge in [-0.05, 0) is 69.6 Å². The molecule has 1 aliphatic rings. The average Bonchev–Trinajstić information content (AvgIpc) is 3.36. The summed E-state index contributed by atoms with van der Waals surface area (Å²) in [6.07, 6.45) is 6.58. The molecule has 2 aromatic heterocycles. The number of nitrogens with two attached hydrogens (primary N) is 1. The molecule has 4 aromatic rings. The molecule has 0 saturated carbocycles. The SMILES string of the molecule is CC(CO)n1c(C#CC2CCN(C(=O)/C=C/CN(C)C)CC2)c(-c2ccc(Oc3ccccc3)cc2)c2c(N)ncnc21. The molecule has 9 heteroatoms. The second-order valence-corrected chi connectivity index (χ2v) is 11.1. The number of fused-ring (bicyclic) bond motifs is 1. The molecular formula is C34H38N6O3. The molecule has 0 radical (unpaired) electrons. The number of para-hydroxylation sites is 1. The van der Waals surface area contributed by atoms with Crippen molar-refractivity contribution in [2.45, 2.75) is 25.8 Å². The first-order valence-corrected chi connectivity index (χ1v) is 14.6. The van der Waals surface area contributed by atoms with Gasteiger partial charge in [-0.2, -0.15) is 0 Å². The Morgan fingerprint density at radius 1 is 1.12 bits per heavy atom. The zero-order chi connectivity index (χ0) is 30.3. The van der Waals surface area contributed by atoms with Crippen molar-refractivity contribution in [3.63, 3.8) is 0 Å². The van der Waals surface area contributed by atoms with E-state index in [1.54, 1.807) is 6.08 Å². The van der Waals surface area contributed by atoms with Crippen molar-refractivity contribution in [3.8, 4) is 34.5 Å². The van der Waals surface area contributed by atoms with E-state index >= 15 is 0 Å². The Morgan fingerprint density at radius 2 is 1.81 bits per heavy atom. The number of amides is 1. The van der Waals surface area contributed by atoms with Crippen LogP contribution in [0.3, 0.4) is 0 Å². The van der Waals surface area contributed by atoms with E-state index in [-0.39, 0.29) is 24.5 Å². The van der Waals surface area contributed by atoms with Crippen LogP contribution in [-0.2, 0) is 4.79 Å². The predicted molar refractivity (Wildman–Crippen MR) is 170 cm³/mol. The molecule has 3 heterocycles. The number of likely N-dealkylation sites (N-methyl/N-ethyl adjacent to an activating group) is 1. The molecule has 3 N–H and O–H groups in total. The van der Waals surface area contributed by atoms with Crippen LogP contribution in [0, 0.1) is 17.8 Å². The lowest BCUT2D eigenvalue weighted by Crippen LogP contribution is -2.37. The number of rotatable bonds is 8. The summed E-state index contributed by atoms with van der Waals surface area (Å²) >= 11 is 0. The molecule has 1 unspecified atom stereocenters. The number of nitrogens with zero attached hydrogens (tertiary/aromatic N) is 5. The number of anilines is 1. The highest BCUT2D eigenvalue weighted by atomic mass is 16.5. The van der Waals surface area contributed by atoms with Crippen LogP contribution in [0.25, 0.3) is 22.2 Å². The Labute approximate surface area is 252 Å². The van der Waals surface area contributed by atoms with Gasteiger partial charge in [0.2, 0.25) is 5.91 Å². The van der Waals surface area contributed by atoms with E-state index in [0.29, 0.717) is 35.7 Å². The van der Waals surface area contributed by atoms with Crippen LogP contribution in [0.15, 0.2) is 73.1 Å². The zero-order valence-electron chi connectivity index (χ0n) is 24.9. The summed E-state index contributed by atoms with van der Waals surface area (Å²) in [6, 6.07) is 17.1. The summed E-state index contributed by atoms with van der Waals surface area (Å²) < 4.78 is 7.96. The first-order chi connectivity index (χ1) is 20.9. The van der Waals surface area contributed by atoms with Crippen molar-refractivity contribution in [3.05, 3.63) is 78.8 Å². The monoisotopic (exact) mass is 578 g/mol. The first-order valence-electron chi connectivity index (χ1n) is 14.6. The highest BCUT2D eigenvalue weighted by molar-refractivity contribution is 6.03. The number of aromatic nitrogens is 3. The van der Waals surface area contributed by atoms with Gasteiger partial charge in [0, 0.05) is 37.2 Å². The molecule has 1 aliphatic heterocycles. The summed E-state index contributed by atoms with van der Waals surface area (Å²) in [5.41, 5.74) is 9.51. The number of piperidine rings is 1. The molecule has 43 heavy (non-hydrogen) atoms. The Kier molecular flexibility index (Phi) is 9.40. The van der Waals surface area contributed by atoms with Gasteiger partial charge in [-0.25, -0.2) is 9.97 Å². The molecule has 2 aromatic carbocycles. The average molecular weight is 579 g/mol. The number of nitrogen functional groups attached to an aromatic ring is 1. The second kappa shape index (κ2) is 13.6. The van der Waals surface area contributed by atoms with Gasteiger partial charge in [0.1, 0.15) is 35.0 Å². The summed E-state index contributed by atoms with van der Waals surface area (Å²) in [7, 11) is 3.95. The van der Waals surface area contributed by atoms with Crippen LogP contribution >= 0.6 is 0 Å². The molecule has 1 atom stereocenters. The van der Waals surface area contributed by atoms with E-state index in [1.807, 2.05) is 96.1 Å². The van der Waals surface area contributed by atoms with Crippen LogP contribution in [0.5, 0.6) is 11.5 Å². The van der Waals surface area contributed by atoms with Gasteiger partial charge in [0.15, 0.2) is 0 Å². The van der Waals surface area contributed by atoms with Gasteiger partial charge in [0.05, 0.1) is 18.0 Å². The largest absolute Gasteiger partial charge is 0.457 e. The number of carbonyl (C=O) groups is 1. The van der Waals surface area contributed by atoms with Gasteiger partial charge in [-0.1, -0.05) is 42.3 Å². The van der Waals surface area contributed by atoms with Crippen LogP contribution < -0.4 is 10.5 Å². The fourth-order valence-corrected chi connectivity index (χ4v) is 5.27. The number of ether oxygens (including phenoxy) is 1. The number of aliphatic hydroxyl groups is 1. The fraction of sp³-hybridized carbons (Fsp3) is 0.324. The van der Waals surface area contributed by atoms with Gasteiger partial charge in [0.25, 0.3) is 0 Å². The van der Waals surface area contributed by atoms with Gasteiger partial charge < -0.3 is 29.9 Å². The van der Waals surface area contributed by atoms with Gasteiger partial charge >= 0.3 is 0 Å². The van der Waals surface area contributed by atoms with E-state index in [4.69, 9.17) is 10.5 Å². The van der Waals surface area contributed by atoms with Crippen molar-refractivity contribution in [2.24, 2.45) is 5.92 Å². The normalized spacial score (nSPS) is 14.7. The smallest absolute Gasteiger partial charge is 0.246 e. The maximum absolute atomic E-state index is 12.6. The number of likely N-dealkylation sites (tertiary alicyclic amines) is 1. The van der Waals surface area contributed by atoms with Crippen molar-refractivity contribution in [2.75, 3.05) is 46.1 Å². The van der Waals surface area contributed by atoms with Crippen molar-refractivity contribution in [1.29, 1.82) is 0 Å².